The van der Waals surface area contributed by atoms with E-state index in [2.05, 4.69) is 4.99 Å². The molecule has 0 atom stereocenters. The minimum absolute atomic E-state index is 0.0710. The van der Waals surface area contributed by atoms with Crippen molar-refractivity contribution in [3.05, 3.63) is 90.0 Å². The Morgan fingerprint density at radius 1 is 0.903 bits per heavy atom. The maximum absolute atomic E-state index is 12.7. The summed E-state index contributed by atoms with van der Waals surface area (Å²) in [6, 6.07) is 24.9. The summed E-state index contributed by atoms with van der Waals surface area (Å²) in [7, 11) is -3.51. The highest BCUT2D eigenvalue weighted by atomic mass is 32.3. The number of sulfonamides is 1. The quantitative estimate of drug-likeness (QED) is 0.468. The first kappa shape index (κ1) is 21.5. The molecule has 3 aromatic carbocycles. The van der Waals surface area contributed by atoms with Gasteiger partial charge in [0, 0.05) is 11.4 Å². The lowest BCUT2D eigenvalue weighted by Gasteiger charge is -2.24. The van der Waals surface area contributed by atoms with Crippen molar-refractivity contribution in [3.8, 4) is 0 Å². The van der Waals surface area contributed by atoms with Gasteiger partial charge in [0.15, 0.2) is 5.17 Å². The Bertz CT molecular complexity index is 1180. The fourth-order valence-corrected chi connectivity index (χ4v) is 6.55. The van der Waals surface area contributed by atoms with E-state index in [4.69, 9.17) is 12.2 Å². The van der Waals surface area contributed by atoms with E-state index < -0.39 is 10.0 Å². The van der Waals surface area contributed by atoms with Gasteiger partial charge in [0.05, 0.1) is 5.69 Å². The van der Waals surface area contributed by atoms with Crippen molar-refractivity contribution in [2.75, 3.05) is 14.3 Å². The number of para-hydroxylation sites is 1. The Morgan fingerprint density at radius 2 is 1.42 bits per heavy atom. The minimum atomic E-state index is -3.51. The predicted molar refractivity (Wildman–Crippen MR) is 135 cm³/mol. The summed E-state index contributed by atoms with van der Waals surface area (Å²) in [6.45, 7) is 4.05. The number of hydrogen-bond donors (Lipinski definition) is 0. The monoisotopic (exact) mass is 467 g/mol. The molecule has 5 nitrogen and oxygen atoms in total. The summed E-state index contributed by atoms with van der Waals surface area (Å²) >= 11 is 6.89. The first-order chi connectivity index (χ1) is 14.8. The summed E-state index contributed by atoms with van der Waals surface area (Å²) in [6.07, 6.45) is 0. The zero-order valence-electron chi connectivity index (χ0n) is 17.1. The van der Waals surface area contributed by atoms with Crippen LogP contribution in [0.25, 0.3) is 0 Å². The van der Waals surface area contributed by atoms with E-state index in [0.717, 1.165) is 22.5 Å². The molecule has 1 aliphatic heterocycles. The topological polar surface area (TPSA) is 53.0 Å². The number of thiocarbonyl (C=S) groups is 1. The molecule has 4 rings (SSSR count). The molecular formula is C23H21N3O2S3. The molecule has 0 spiro atoms. The maximum Gasteiger partial charge on any atom is 0.250 e. The third kappa shape index (κ3) is 4.66. The lowest BCUT2D eigenvalue weighted by atomic mass is 10.2. The Balaban J connectivity index is 1.77. The SMILES string of the molecule is Cc1ccc(N(C(=S)/N=C2\SCS(=O)(=O)N2c2ccccc2)c2ccc(C)cc2)cc1. The van der Waals surface area contributed by atoms with Gasteiger partial charge in [-0.2, -0.15) is 4.99 Å². The Morgan fingerprint density at radius 3 is 1.94 bits per heavy atom. The molecule has 1 fully saturated rings. The fourth-order valence-electron chi connectivity index (χ4n) is 3.16. The second-order valence-electron chi connectivity index (χ2n) is 7.16. The lowest BCUT2D eigenvalue weighted by molar-refractivity contribution is 0.602. The van der Waals surface area contributed by atoms with Crippen molar-refractivity contribution in [3.63, 3.8) is 0 Å². The molecule has 0 aromatic heterocycles. The van der Waals surface area contributed by atoms with E-state index in [1.54, 1.807) is 24.3 Å². The Labute approximate surface area is 192 Å². The number of nitrogens with zero attached hydrogens (tertiary/aromatic N) is 3. The van der Waals surface area contributed by atoms with Gasteiger partial charge >= 0.3 is 0 Å². The van der Waals surface area contributed by atoms with Gasteiger partial charge in [-0.1, -0.05) is 65.4 Å². The number of aryl methyl sites for hydroxylation is 2. The highest BCUT2D eigenvalue weighted by molar-refractivity contribution is 8.27. The molecule has 0 unspecified atom stereocenters. The summed E-state index contributed by atoms with van der Waals surface area (Å²) in [5, 5.41) is 0.548. The second-order valence-corrected chi connectivity index (χ2v) is 10.6. The molecule has 0 amide bonds. The van der Waals surface area contributed by atoms with Crippen molar-refractivity contribution in [2.24, 2.45) is 4.99 Å². The summed E-state index contributed by atoms with van der Waals surface area (Å²) < 4.78 is 26.7. The van der Waals surface area contributed by atoms with Crippen LogP contribution in [0.5, 0.6) is 0 Å². The van der Waals surface area contributed by atoms with E-state index in [0.29, 0.717) is 10.9 Å². The third-order valence-electron chi connectivity index (χ3n) is 4.75. The minimum Gasteiger partial charge on any atom is -0.286 e. The molecule has 3 aromatic rings. The second kappa shape index (κ2) is 8.82. The van der Waals surface area contributed by atoms with Crippen LogP contribution in [0.2, 0.25) is 0 Å². The van der Waals surface area contributed by atoms with Crippen molar-refractivity contribution in [1.82, 2.24) is 0 Å². The van der Waals surface area contributed by atoms with Crippen LogP contribution in [-0.2, 0) is 10.0 Å². The van der Waals surface area contributed by atoms with Crippen LogP contribution >= 0.6 is 24.0 Å². The molecule has 31 heavy (non-hydrogen) atoms. The van der Waals surface area contributed by atoms with Crippen molar-refractivity contribution in [2.45, 2.75) is 13.8 Å². The van der Waals surface area contributed by atoms with Gasteiger partial charge < -0.3 is 0 Å². The van der Waals surface area contributed by atoms with Crippen LogP contribution in [0.4, 0.5) is 17.1 Å². The number of aliphatic imine (C=N–C) groups is 1. The van der Waals surface area contributed by atoms with Crippen LogP contribution in [-0.4, -0.2) is 23.8 Å². The molecule has 1 aliphatic rings. The van der Waals surface area contributed by atoms with Crippen molar-refractivity contribution >= 4 is 61.3 Å². The lowest BCUT2D eigenvalue weighted by Crippen LogP contribution is -2.31. The van der Waals surface area contributed by atoms with Crippen LogP contribution in [0.1, 0.15) is 11.1 Å². The number of rotatable bonds is 3. The highest BCUT2D eigenvalue weighted by Crippen LogP contribution is 2.33. The van der Waals surface area contributed by atoms with E-state index in [1.165, 1.54) is 16.1 Å². The van der Waals surface area contributed by atoms with Crippen LogP contribution in [0.3, 0.4) is 0 Å². The van der Waals surface area contributed by atoms with Gasteiger partial charge in [0.2, 0.25) is 5.11 Å². The number of hydrogen-bond acceptors (Lipinski definition) is 4. The van der Waals surface area contributed by atoms with Crippen LogP contribution < -0.4 is 9.21 Å². The molecule has 0 bridgehead atoms. The molecular weight excluding hydrogens is 446 g/mol. The first-order valence-electron chi connectivity index (χ1n) is 9.62. The number of benzene rings is 3. The predicted octanol–water partition coefficient (Wildman–Crippen LogP) is 5.62. The molecule has 158 valence electrons. The smallest absolute Gasteiger partial charge is 0.250 e. The van der Waals surface area contributed by atoms with Gasteiger partial charge in [0.25, 0.3) is 10.0 Å². The standard InChI is InChI=1S/C23H21N3O2S3/c1-17-8-12-19(13-9-17)25(20-14-10-18(2)11-15-20)22(29)24-23-26(31(27,28)16-30-23)21-6-4-3-5-7-21/h3-15H,16H2,1-2H3/b24-23-. The number of amidine groups is 1. The third-order valence-corrected chi connectivity index (χ3v) is 8.27. The summed E-state index contributed by atoms with van der Waals surface area (Å²) in [5.41, 5.74) is 4.54. The number of anilines is 3. The molecule has 0 radical (unpaired) electrons. The molecule has 0 saturated carbocycles. The number of thioether (sulfide) groups is 1. The summed E-state index contributed by atoms with van der Waals surface area (Å²) in [5.74, 6) is 0. The van der Waals surface area contributed by atoms with Crippen molar-refractivity contribution in [1.29, 1.82) is 0 Å². The Hall–Kier alpha value is -2.68. The summed E-state index contributed by atoms with van der Waals surface area (Å²) in [4.78, 5) is 6.47. The zero-order valence-corrected chi connectivity index (χ0v) is 19.5. The Kier molecular flexibility index (Phi) is 6.13. The largest absolute Gasteiger partial charge is 0.286 e. The molecule has 0 N–H and O–H groups in total. The zero-order chi connectivity index (χ0) is 22.0. The van der Waals surface area contributed by atoms with Crippen LogP contribution in [0, 0.1) is 13.8 Å². The average molecular weight is 468 g/mol. The van der Waals surface area contributed by atoms with E-state index in [1.807, 2.05) is 73.3 Å². The van der Waals surface area contributed by atoms with Gasteiger partial charge in [-0.05, 0) is 62.5 Å². The van der Waals surface area contributed by atoms with Gasteiger partial charge in [0.1, 0.15) is 5.08 Å². The maximum atomic E-state index is 12.7. The van der Waals surface area contributed by atoms with E-state index >= 15 is 0 Å². The van der Waals surface area contributed by atoms with Gasteiger partial charge in [-0.25, -0.2) is 12.7 Å². The van der Waals surface area contributed by atoms with Gasteiger partial charge in [-0.3, -0.25) is 4.90 Å². The molecule has 0 aliphatic carbocycles. The van der Waals surface area contributed by atoms with Crippen molar-refractivity contribution < 1.29 is 8.42 Å². The molecule has 1 heterocycles. The van der Waals surface area contributed by atoms with Gasteiger partial charge in [-0.15, -0.1) is 0 Å². The fraction of sp³-hybridized carbons (Fsp3) is 0.130. The normalized spacial score (nSPS) is 16.5. The highest BCUT2D eigenvalue weighted by Gasteiger charge is 2.36. The molecule has 1 saturated heterocycles. The van der Waals surface area contributed by atoms with E-state index in [-0.39, 0.29) is 10.2 Å². The first-order valence-corrected chi connectivity index (χ1v) is 12.6. The van der Waals surface area contributed by atoms with Crippen LogP contribution in [0.15, 0.2) is 83.9 Å². The van der Waals surface area contributed by atoms with E-state index in [9.17, 15) is 8.42 Å². The molecule has 8 heteroatoms. The average Bonchev–Trinajstić information content (AvgIpc) is 3.05.